The normalized spacial score (nSPS) is 11.4. The summed E-state index contributed by atoms with van der Waals surface area (Å²) in [6, 6.07) is 0. The van der Waals surface area contributed by atoms with Gasteiger partial charge in [-0.15, -0.1) is 0 Å². The molecule has 0 saturated heterocycles. The van der Waals surface area contributed by atoms with Gasteiger partial charge in [-0.3, -0.25) is 9.59 Å². The number of carbonyl (C=O) groups is 2. The Morgan fingerprint density at radius 2 is 0.422 bits per heavy atom. The summed E-state index contributed by atoms with van der Waals surface area (Å²) in [4.78, 5) is 21.0. The summed E-state index contributed by atoms with van der Waals surface area (Å²) in [7, 11) is 0. The van der Waals surface area contributed by atoms with E-state index in [9.17, 15) is 9.59 Å². The third-order valence-corrected chi connectivity index (χ3v) is 10.5. The fraction of sp³-hybridized carbons (Fsp3) is 0.950. The van der Waals surface area contributed by atoms with Crippen LogP contribution in [0.4, 0.5) is 0 Å². The third-order valence-electron chi connectivity index (χ3n) is 9.36. The van der Waals surface area contributed by atoms with Gasteiger partial charge in [0, 0.05) is 12.8 Å². The van der Waals surface area contributed by atoms with E-state index in [4.69, 9.17) is 10.2 Å². The molecule has 0 aromatic rings. The molecule has 0 aromatic heterocycles. The minimum absolute atomic E-state index is 0.340. The van der Waals surface area contributed by atoms with Crippen LogP contribution >= 0.6 is 11.8 Å². The van der Waals surface area contributed by atoms with Gasteiger partial charge in [0.1, 0.15) is 0 Å². The number of hydrogen-bond donors (Lipinski definition) is 2. The van der Waals surface area contributed by atoms with Crippen LogP contribution in [-0.2, 0) is 9.59 Å². The van der Waals surface area contributed by atoms with Crippen molar-refractivity contribution in [1.82, 2.24) is 0 Å². The lowest BCUT2D eigenvalue weighted by atomic mass is 10.0. The highest BCUT2D eigenvalue weighted by Gasteiger charge is 1.99. The van der Waals surface area contributed by atoms with Gasteiger partial charge < -0.3 is 10.2 Å². The number of hydrogen-bond acceptors (Lipinski definition) is 3. The lowest BCUT2D eigenvalue weighted by Gasteiger charge is -2.05. The van der Waals surface area contributed by atoms with Crippen LogP contribution in [0.15, 0.2) is 0 Å². The van der Waals surface area contributed by atoms with Gasteiger partial charge in [0.25, 0.3) is 0 Å². The average Bonchev–Trinajstić information content (AvgIpc) is 3.02. The van der Waals surface area contributed by atoms with Crippen molar-refractivity contribution >= 4 is 23.7 Å². The van der Waals surface area contributed by atoms with E-state index in [0.717, 1.165) is 25.7 Å². The van der Waals surface area contributed by atoms with Gasteiger partial charge in [0.15, 0.2) is 0 Å². The first kappa shape index (κ1) is 44.3. The predicted octanol–water partition coefficient (Wildman–Crippen LogP) is 13.9. The molecule has 2 N–H and O–H groups in total. The second-order valence-electron chi connectivity index (χ2n) is 13.9. The van der Waals surface area contributed by atoms with Crippen LogP contribution in [0.25, 0.3) is 0 Å². The number of carboxylic acid groups (broad SMARTS) is 2. The van der Waals surface area contributed by atoms with Crippen molar-refractivity contribution < 1.29 is 19.8 Å². The summed E-state index contributed by atoms with van der Waals surface area (Å²) in [5, 5.41) is 17.3. The Labute approximate surface area is 285 Å². The number of unbranched alkanes of at least 4 members (excludes halogenated alkanes) is 32. The van der Waals surface area contributed by atoms with E-state index in [2.05, 4.69) is 11.8 Å². The molecule has 0 rings (SSSR count). The molecule has 0 fully saturated rings. The highest BCUT2D eigenvalue weighted by Crippen LogP contribution is 2.17. The summed E-state index contributed by atoms with van der Waals surface area (Å²) >= 11 is 2.19. The first-order valence-electron chi connectivity index (χ1n) is 20.1. The largest absolute Gasteiger partial charge is 0.481 e. The zero-order valence-electron chi connectivity index (χ0n) is 30.0. The monoisotopic (exact) mass is 655 g/mol. The highest BCUT2D eigenvalue weighted by molar-refractivity contribution is 7.99. The van der Waals surface area contributed by atoms with Crippen molar-refractivity contribution in [3.05, 3.63) is 0 Å². The van der Waals surface area contributed by atoms with Crippen LogP contribution in [0, 0.1) is 0 Å². The number of aliphatic carboxylic acids is 2. The van der Waals surface area contributed by atoms with Crippen LogP contribution in [0.1, 0.15) is 231 Å². The zero-order chi connectivity index (χ0) is 32.7. The molecule has 0 aliphatic heterocycles. The summed E-state index contributed by atoms with van der Waals surface area (Å²) in [5.74, 6) is 1.44. The van der Waals surface area contributed by atoms with Gasteiger partial charge >= 0.3 is 11.9 Å². The lowest BCUT2D eigenvalue weighted by Crippen LogP contribution is -1.93. The van der Waals surface area contributed by atoms with E-state index in [0.29, 0.717) is 12.8 Å². The smallest absolute Gasteiger partial charge is 0.303 e. The molecule has 5 heteroatoms. The molecule has 0 aromatic carbocycles. The lowest BCUT2D eigenvalue weighted by molar-refractivity contribution is -0.138. The SMILES string of the molecule is O=C(O)CCCCCCCCCCCCCCCCCCCSCCCCCCCCCCCCCCCCCCCC(=O)O. The van der Waals surface area contributed by atoms with Gasteiger partial charge in [-0.25, -0.2) is 0 Å². The van der Waals surface area contributed by atoms with Crippen LogP contribution < -0.4 is 0 Å². The first-order chi connectivity index (χ1) is 22.1. The van der Waals surface area contributed by atoms with Gasteiger partial charge in [-0.1, -0.05) is 193 Å². The Kier molecular flexibility index (Phi) is 38.8. The molecule has 0 amide bonds. The minimum atomic E-state index is -0.653. The van der Waals surface area contributed by atoms with Gasteiger partial charge in [0.05, 0.1) is 0 Å². The van der Waals surface area contributed by atoms with Crippen LogP contribution in [0.3, 0.4) is 0 Å². The van der Waals surface area contributed by atoms with E-state index >= 15 is 0 Å². The van der Waals surface area contributed by atoms with Gasteiger partial charge in [-0.05, 0) is 37.2 Å². The zero-order valence-corrected chi connectivity index (χ0v) is 30.8. The number of carboxylic acids is 2. The molecule has 0 radical (unpaired) electrons. The summed E-state index contributed by atoms with van der Waals surface area (Å²) in [6.45, 7) is 0. The third kappa shape index (κ3) is 43.3. The van der Waals surface area contributed by atoms with Crippen LogP contribution in [0.5, 0.6) is 0 Å². The van der Waals surface area contributed by atoms with Crippen molar-refractivity contribution in [2.45, 2.75) is 231 Å². The Morgan fingerprint density at radius 1 is 0.267 bits per heavy atom. The van der Waals surface area contributed by atoms with Crippen LogP contribution in [0.2, 0.25) is 0 Å². The van der Waals surface area contributed by atoms with E-state index in [1.54, 1.807) is 0 Å². The van der Waals surface area contributed by atoms with E-state index < -0.39 is 11.9 Å². The summed E-state index contributed by atoms with van der Waals surface area (Å²) in [5.41, 5.74) is 0. The van der Waals surface area contributed by atoms with E-state index in [1.165, 1.54) is 204 Å². The van der Waals surface area contributed by atoms with Crippen LogP contribution in [-0.4, -0.2) is 33.7 Å². The second kappa shape index (κ2) is 39.5. The van der Waals surface area contributed by atoms with E-state index in [-0.39, 0.29) is 0 Å². The Morgan fingerprint density at radius 3 is 0.600 bits per heavy atom. The maximum atomic E-state index is 10.5. The molecule has 0 aliphatic rings. The Bertz CT molecular complexity index is 547. The van der Waals surface area contributed by atoms with Gasteiger partial charge in [-0.2, -0.15) is 11.8 Å². The van der Waals surface area contributed by atoms with Crippen molar-refractivity contribution in [2.75, 3.05) is 11.5 Å². The quantitative estimate of drug-likeness (QED) is 0.0643. The molecule has 0 unspecified atom stereocenters. The average molecular weight is 655 g/mol. The summed E-state index contributed by atoms with van der Waals surface area (Å²) < 4.78 is 0. The standard InChI is InChI=1S/C40H78O4S/c41-39(42)35-31-27-23-19-15-11-7-3-1-5-9-13-17-21-25-29-33-37-45-38-34-30-26-22-18-14-10-6-2-4-8-12-16-20-24-28-32-36-40(43)44/h1-38H2,(H,41,42)(H,43,44). The predicted molar refractivity (Wildman–Crippen MR) is 199 cm³/mol. The Balaban J connectivity index is 3.05. The second-order valence-corrected chi connectivity index (χ2v) is 15.1. The molecule has 0 saturated carbocycles. The number of rotatable bonds is 40. The molecule has 0 spiro atoms. The molecule has 0 aliphatic carbocycles. The van der Waals surface area contributed by atoms with Crippen molar-refractivity contribution in [2.24, 2.45) is 0 Å². The summed E-state index contributed by atoms with van der Waals surface area (Å²) in [6.07, 6.45) is 46.3. The molecule has 268 valence electrons. The molecule has 0 bridgehead atoms. The maximum absolute atomic E-state index is 10.5. The molecule has 0 heterocycles. The number of thioether (sulfide) groups is 1. The van der Waals surface area contributed by atoms with Gasteiger partial charge in [0.2, 0.25) is 0 Å². The fourth-order valence-electron chi connectivity index (χ4n) is 6.37. The molecule has 4 nitrogen and oxygen atoms in total. The van der Waals surface area contributed by atoms with Crippen molar-refractivity contribution in [1.29, 1.82) is 0 Å². The fourth-order valence-corrected chi connectivity index (χ4v) is 7.39. The Hall–Kier alpha value is -0.710. The first-order valence-corrected chi connectivity index (χ1v) is 21.3. The molecule has 45 heavy (non-hydrogen) atoms. The maximum Gasteiger partial charge on any atom is 0.303 e. The molecular weight excluding hydrogens is 577 g/mol. The highest BCUT2D eigenvalue weighted by atomic mass is 32.2. The van der Waals surface area contributed by atoms with Crippen molar-refractivity contribution in [3.8, 4) is 0 Å². The minimum Gasteiger partial charge on any atom is -0.481 e. The van der Waals surface area contributed by atoms with E-state index in [1.807, 2.05) is 0 Å². The van der Waals surface area contributed by atoms with Crippen molar-refractivity contribution in [3.63, 3.8) is 0 Å². The topological polar surface area (TPSA) is 74.6 Å². The molecule has 0 atom stereocenters. The molecular formula is C40H78O4S.